The highest BCUT2D eigenvalue weighted by Gasteiger charge is 2.08. The standard InChI is InChI=1S/C12H20O/c1-10(2)7-8-11-5-3-4-6-12(13)9-11/h9-10H,3-8H2,1-2H3. The summed E-state index contributed by atoms with van der Waals surface area (Å²) in [6.45, 7) is 4.47. The minimum absolute atomic E-state index is 0.344. The topological polar surface area (TPSA) is 17.1 Å². The van der Waals surface area contributed by atoms with Crippen LogP contribution in [0.15, 0.2) is 11.6 Å². The van der Waals surface area contributed by atoms with Crippen LogP contribution in [0.3, 0.4) is 0 Å². The first-order valence-corrected chi connectivity index (χ1v) is 5.41. The molecule has 0 fully saturated rings. The lowest BCUT2D eigenvalue weighted by atomic mass is 10.00. The van der Waals surface area contributed by atoms with E-state index >= 15 is 0 Å². The average Bonchev–Trinajstić information content (AvgIpc) is 2.26. The summed E-state index contributed by atoms with van der Waals surface area (Å²) in [5.74, 6) is 1.09. The molecular formula is C12H20O. The largest absolute Gasteiger partial charge is 0.295 e. The normalized spacial score (nSPS) is 18.7. The van der Waals surface area contributed by atoms with Crippen molar-refractivity contribution in [1.82, 2.24) is 0 Å². The molecule has 13 heavy (non-hydrogen) atoms. The Labute approximate surface area is 81.2 Å². The second-order valence-corrected chi connectivity index (χ2v) is 4.41. The Morgan fingerprint density at radius 2 is 2.00 bits per heavy atom. The van der Waals surface area contributed by atoms with Crippen molar-refractivity contribution < 1.29 is 4.79 Å². The van der Waals surface area contributed by atoms with E-state index in [0.717, 1.165) is 31.6 Å². The zero-order chi connectivity index (χ0) is 9.68. The Bertz CT molecular complexity index is 201. The minimum atomic E-state index is 0.344. The maximum Gasteiger partial charge on any atom is 0.155 e. The lowest BCUT2D eigenvalue weighted by molar-refractivity contribution is -0.114. The van der Waals surface area contributed by atoms with Gasteiger partial charge in [0.1, 0.15) is 0 Å². The predicted molar refractivity (Wildman–Crippen MR) is 55.6 cm³/mol. The Hall–Kier alpha value is -0.590. The third-order valence-corrected chi connectivity index (χ3v) is 2.58. The van der Waals surface area contributed by atoms with Crippen molar-refractivity contribution in [2.75, 3.05) is 0 Å². The van der Waals surface area contributed by atoms with E-state index in [9.17, 15) is 4.79 Å². The highest BCUT2D eigenvalue weighted by Crippen LogP contribution is 2.21. The summed E-state index contributed by atoms with van der Waals surface area (Å²) in [5, 5.41) is 0. The first-order valence-electron chi connectivity index (χ1n) is 5.41. The van der Waals surface area contributed by atoms with E-state index in [0.29, 0.717) is 5.78 Å². The maximum atomic E-state index is 11.3. The van der Waals surface area contributed by atoms with E-state index in [2.05, 4.69) is 13.8 Å². The summed E-state index contributed by atoms with van der Waals surface area (Å²) >= 11 is 0. The van der Waals surface area contributed by atoms with Crippen LogP contribution in [0.5, 0.6) is 0 Å². The third kappa shape index (κ3) is 4.25. The Kier molecular flexibility index (Phi) is 4.20. The summed E-state index contributed by atoms with van der Waals surface area (Å²) < 4.78 is 0. The fraction of sp³-hybridized carbons (Fsp3) is 0.750. The van der Waals surface area contributed by atoms with Crippen molar-refractivity contribution >= 4 is 5.78 Å². The van der Waals surface area contributed by atoms with Gasteiger partial charge in [-0.2, -0.15) is 0 Å². The summed E-state index contributed by atoms with van der Waals surface area (Å²) in [7, 11) is 0. The number of rotatable bonds is 3. The van der Waals surface area contributed by atoms with Gasteiger partial charge in [-0.15, -0.1) is 0 Å². The van der Waals surface area contributed by atoms with Crippen LogP contribution in [0.2, 0.25) is 0 Å². The molecule has 1 aliphatic rings. The van der Waals surface area contributed by atoms with Crippen LogP contribution in [0.1, 0.15) is 52.4 Å². The van der Waals surface area contributed by atoms with Crippen LogP contribution in [0.25, 0.3) is 0 Å². The van der Waals surface area contributed by atoms with Gasteiger partial charge in [-0.3, -0.25) is 4.79 Å². The van der Waals surface area contributed by atoms with E-state index in [1.165, 1.54) is 18.4 Å². The Morgan fingerprint density at radius 3 is 2.69 bits per heavy atom. The predicted octanol–water partition coefficient (Wildman–Crippen LogP) is 3.49. The molecule has 0 N–H and O–H groups in total. The second-order valence-electron chi connectivity index (χ2n) is 4.41. The quantitative estimate of drug-likeness (QED) is 0.649. The fourth-order valence-corrected chi connectivity index (χ4v) is 1.69. The third-order valence-electron chi connectivity index (χ3n) is 2.58. The van der Waals surface area contributed by atoms with E-state index in [-0.39, 0.29) is 0 Å². The maximum absolute atomic E-state index is 11.3. The Balaban J connectivity index is 2.41. The molecule has 0 spiro atoms. The van der Waals surface area contributed by atoms with Crippen LogP contribution in [-0.2, 0) is 4.79 Å². The molecule has 1 nitrogen and oxygen atoms in total. The molecule has 74 valence electrons. The minimum Gasteiger partial charge on any atom is -0.295 e. The molecule has 1 rings (SSSR count). The van der Waals surface area contributed by atoms with Crippen LogP contribution < -0.4 is 0 Å². The van der Waals surface area contributed by atoms with Gasteiger partial charge in [0.2, 0.25) is 0 Å². The van der Waals surface area contributed by atoms with Crippen molar-refractivity contribution in [3.05, 3.63) is 11.6 Å². The van der Waals surface area contributed by atoms with Gasteiger partial charge in [0.15, 0.2) is 5.78 Å². The lowest BCUT2D eigenvalue weighted by Gasteiger charge is -2.06. The highest BCUT2D eigenvalue weighted by molar-refractivity contribution is 5.90. The monoisotopic (exact) mass is 180 g/mol. The highest BCUT2D eigenvalue weighted by atomic mass is 16.1. The smallest absolute Gasteiger partial charge is 0.155 e. The lowest BCUT2D eigenvalue weighted by Crippen LogP contribution is -1.93. The SMILES string of the molecule is CC(C)CCC1=CC(=O)CCCC1. The van der Waals surface area contributed by atoms with Crippen molar-refractivity contribution in [3.8, 4) is 0 Å². The number of ketones is 1. The van der Waals surface area contributed by atoms with E-state index < -0.39 is 0 Å². The zero-order valence-corrected chi connectivity index (χ0v) is 8.81. The molecule has 0 radical (unpaired) electrons. The van der Waals surface area contributed by atoms with Gasteiger partial charge in [0.05, 0.1) is 0 Å². The second kappa shape index (κ2) is 5.21. The molecular weight excluding hydrogens is 160 g/mol. The molecule has 0 aliphatic heterocycles. The molecule has 0 unspecified atom stereocenters. The molecule has 0 aromatic rings. The average molecular weight is 180 g/mol. The van der Waals surface area contributed by atoms with Crippen molar-refractivity contribution in [1.29, 1.82) is 0 Å². The molecule has 0 atom stereocenters. The summed E-state index contributed by atoms with van der Waals surface area (Å²) in [6.07, 6.45) is 8.46. The molecule has 0 heterocycles. The molecule has 0 saturated carbocycles. The van der Waals surface area contributed by atoms with E-state index in [4.69, 9.17) is 0 Å². The van der Waals surface area contributed by atoms with Gasteiger partial charge in [-0.25, -0.2) is 0 Å². The Morgan fingerprint density at radius 1 is 1.31 bits per heavy atom. The van der Waals surface area contributed by atoms with Gasteiger partial charge in [-0.1, -0.05) is 19.4 Å². The van der Waals surface area contributed by atoms with Crippen molar-refractivity contribution in [2.24, 2.45) is 5.92 Å². The van der Waals surface area contributed by atoms with Crippen molar-refractivity contribution in [3.63, 3.8) is 0 Å². The molecule has 0 saturated heterocycles. The fourth-order valence-electron chi connectivity index (χ4n) is 1.69. The molecule has 1 aliphatic carbocycles. The number of carbonyl (C=O) groups is 1. The van der Waals surface area contributed by atoms with E-state index in [1.807, 2.05) is 6.08 Å². The molecule has 0 bridgehead atoms. The molecule has 0 aromatic heterocycles. The van der Waals surface area contributed by atoms with Gasteiger partial charge >= 0.3 is 0 Å². The number of allylic oxidation sites excluding steroid dienone is 2. The molecule has 0 amide bonds. The first-order chi connectivity index (χ1) is 6.18. The number of carbonyl (C=O) groups excluding carboxylic acids is 1. The van der Waals surface area contributed by atoms with Crippen molar-refractivity contribution in [2.45, 2.75) is 52.4 Å². The molecule has 0 aromatic carbocycles. The van der Waals surface area contributed by atoms with Crippen LogP contribution in [-0.4, -0.2) is 5.78 Å². The first kappa shape index (κ1) is 10.5. The van der Waals surface area contributed by atoms with E-state index in [1.54, 1.807) is 0 Å². The van der Waals surface area contributed by atoms with Gasteiger partial charge in [0, 0.05) is 6.42 Å². The zero-order valence-electron chi connectivity index (χ0n) is 8.81. The van der Waals surface area contributed by atoms with Gasteiger partial charge in [-0.05, 0) is 44.1 Å². The summed E-state index contributed by atoms with van der Waals surface area (Å²) in [5.41, 5.74) is 1.39. The van der Waals surface area contributed by atoms with Crippen LogP contribution in [0.4, 0.5) is 0 Å². The number of hydrogen-bond donors (Lipinski definition) is 0. The summed E-state index contributed by atoms with van der Waals surface area (Å²) in [4.78, 5) is 11.3. The summed E-state index contributed by atoms with van der Waals surface area (Å²) in [6, 6.07) is 0. The van der Waals surface area contributed by atoms with Crippen LogP contribution >= 0.6 is 0 Å². The molecule has 1 heteroatoms. The van der Waals surface area contributed by atoms with Crippen LogP contribution in [0, 0.1) is 5.92 Å². The van der Waals surface area contributed by atoms with Gasteiger partial charge in [0.25, 0.3) is 0 Å². The van der Waals surface area contributed by atoms with Gasteiger partial charge < -0.3 is 0 Å². The number of hydrogen-bond acceptors (Lipinski definition) is 1.